The number of hydrogen-bond acceptors (Lipinski definition) is 0. The van der Waals surface area contributed by atoms with Crippen molar-refractivity contribution < 1.29 is 0 Å². The second-order valence-corrected chi connectivity index (χ2v) is 7.23. The molecule has 25 heavy (non-hydrogen) atoms. The number of hydrogen-bond donors (Lipinski definition) is 0. The predicted molar refractivity (Wildman–Crippen MR) is 105 cm³/mol. The Kier molecular flexibility index (Phi) is 3.38. The van der Waals surface area contributed by atoms with E-state index in [0.29, 0.717) is 5.92 Å². The maximum atomic E-state index is 2.48. The van der Waals surface area contributed by atoms with Gasteiger partial charge in [0.25, 0.3) is 0 Å². The number of allylic oxidation sites excluding steroid dienone is 2. The second-order valence-electron chi connectivity index (χ2n) is 7.23. The van der Waals surface area contributed by atoms with E-state index in [4.69, 9.17) is 0 Å². The third-order valence-electron chi connectivity index (χ3n) is 6.03. The van der Waals surface area contributed by atoms with E-state index in [-0.39, 0.29) is 5.41 Å². The van der Waals surface area contributed by atoms with Crippen molar-refractivity contribution in [2.45, 2.75) is 24.7 Å². The Labute approximate surface area is 149 Å². The van der Waals surface area contributed by atoms with Gasteiger partial charge in [-0.3, -0.25) is 0 Å². The Morgan fingerprint density at radius 2 is 1.28 bits per heavy atom. The molecule has 0 saturated heterocycles. The Morgan fingerprint density at radius 3 is 1.88 bits per heavy atom. The monoisotopic (exact) mass is 322 g/mol. The van der Waals surface area contributed by atoms with Crippen molar-refractivity contribution in [2.24, 2.45) is 5.92 Å². The van der Waals surface area contributed by atoms with Crippen LogP contribution in [0.15, 0.2) is 91.0 Å². The Balaban J connectivity index is 1.90. The maximum absolute atomic E-state index is 2.48. The molecule has 0 aromatic heterocycles. The van der Waals surface area contributed by atoms with Gasteiger partial charge in [0.15, 0.2) is 0 Å². The van der Waals surface area contributed by atoms with Crippen LogP contribution in [-0.2, 0) is 5.41 Å². The minimum absolute atomic E-state index is 0.0641. The van der Waals surface area contributed by atoms with Gasteiger partial charge in [0.1, 0.15) is 0 Å². The summed E-state index contributed by atoms with van der Waals surface area (Å²) in [4.78, 5) is 0. The first kappa shape index (κ1) is 14.7. The molecule has 3 aromatic rings. The van der Waals surface area contributed by atoms with Crippen molar-refractivity contribution in [3.8, 4) is 11.1 Å². The lowest BCUT2D eigenvalue weighted by Gasteiger charge is -2.40. The van der Waals surface area contributed by atoms with Crippen LogP contribution in [0.25, 0.3) is 11.1 Å². The molecule has 0 aliphatic heterocycles. The van der Waals surface area contributed by atoms with Crippen LogP contribution in [0.3, 0.4) is 0 Å². The highest BCUT2D eigenvalue weighted by atomic mass is 14.5. The molecule has 0 nitrogen and oxygen atoms in total. The zero-order valence-electron chi connectivity index (χ0n) is 14.4. The first-order valence-corrected chi connectivity index (χ1v) is 9.34. The number of fused-ring (bicyclic) bond motifs is 3. The second kappa shape index (κ2) is 5.74. The standard InChI is InChI=1S/C25H22/c1-3-11-19(12-4-1)25(20-13-5-2-6-14-20)23-17-9-7-15-21(23)22-16-8-10-18-24(22)25/h1,3-5,7-13,15-18,20H,2,6,14H2. The van der Waals surface area contributed by atoms with Gasteiger partial charge in [-0.15, -0.1) is 0 Å². The summed E-state index contributed by atoms with van der Waals surface area (Å²) in [7, 11) is 0. The molecule has 0 radical (unpaired) electrons. The average Bonchev–Trinajstić information content (AvgIpc) is 3.01. The first-order chi connectivity index (χ1) is 12.4. The van der Waals surface area contributed by atoms with Crippen molar-refractivity contribution >= 4 is 0 Å². The van der Waals surface area contributed by atoms with Gasteiger partial charge in [0.2, 0.25) is 0 Å². The van der Waals surface area contributed by atoms with Crippen molar-refractivity contribution in [1.29, 1.82) is 0 Å². The number of rotatable bonds is 2. The maximum Gasteiger partial charge on any atom is 0.0525 e. The molecular weight excluding hydrogens is 300 g/mol. The summed E-state index contributed by atoms with van der Waals surface area (Å²) in [5.74, 6) is 0.508. The van der Waals surface area contributed by atoms with E-state index in [9.17, 15) is 0 Å². The summed E-state index contributed by atoms with van der Waals surface area (Å²) >= 11 is 0. The fourth-order valence-electron chi connectivity index (χ4n) is 5.07. The van der Waals surface area contributed by atoms with Crippen LogP contribution >= 0.6 is 0 Å². The van der Waals surface area contributed by atoms with Gasteiger partial charge < -0.3 is 0 Å². The topological polar surface area (TPSA) is 0 Å². The lowest BCUT2D eigenvalue weighted by Crippen LogP contribution is -2.36. The van der Waals surface area contributed by atoms with Crippen molar-refractivity contribution in [3.63, 3.8) is 0 Å². The molecule has 2 aliphatic carbocycles. The number of benzene rings is 3. The van der Waals surface area contributed by atoms with Crippen molar-refractivity contribution in [3.05, 3.63) is 108 Å². The largest absolute Gasteiger partial charge is 0.0882 e. The summed E-state index contributed by atoms with van der Waals surface area (Å²) in [6.45, 7) is 0. The Bertz CT molecular complexity index is 888. The van der Waals surface area contributed by atoms with Gasteiger partial charge in [0, 0.05) is 0 Å². The molecule has 122 valence electrons. The van der Waals surface area contributed by atoms with E-state index in [1.807, 2.05) is 0 Å². The van der Waals surface area contributed by atoms with Crippen molar-refractivity contribution in [2.75, 3.05) is 0 Å². The van der Waals surface area contributed by atoms with Gasteiger partial charge in [-0.25, -0.2) is 0 Å². The molecule has 0 amide bonds. The van der Waals surface area contributed by atoms with E-state index >= 15 is 0 Å². The van der Waals surface area contributed by atoms with E-state index in [2.05, 4.69) is 91.0 Å². The van der Waals surface area contributed by atoms with Crippen LogP contribution in [0.2, 0.25) is 0 Å². The van der Waals surface area contributed by atoms with Crippen molar-refractivity contribution in [1.82, 2.24) is 0 Å². The molecule has 0 heteroatoms. The van der Waals surface area contributed by atoms with Crippen LogP contribution in [0.4, 0.5) is 0 Å². The molecule has 3 aromatic carbocycles. The quantitative estimate of drug-likeness (QED) is 0.482. The third-order valence-corrected chi connectivity index (χ3v) is 6.03. The Hall–Kier alpha value is -2.60. The smallest absolute Gasteiger partial charge is 0.0525 e. The fourth-order valence-corrected chi connectivity index (χ4v) is 5.07. The molecule has 1 unspecified atom stereocenters. The van der Waals surface area contributed by atoms with Crippen LogP contribution < -0.4 is 0 Å². The SMILES string of the molecule is C1=CC(C2(c3ccccc3)c3ccccc3-c3ccccc32)CCC1. The van der Waals surface area contributed by atoms with E-state index < -0.39 is 0 Å². The summed E-state index contributed by atoms with van der Waals surface area (Å²) in [5, 5.41) is 0. The molecule has 2 aliphatic rings. The highest BCUT2D eigenvalue weighted by Gasteiger charge is 2.48. The summed E-state index contributed by atoms with van der Waals surface area (Å²) in [6, 6.07) is 29.2. The molecule has 0 bridgehead atoms. The highest BCUT2D eigenvalue weighted by Crippen LogP contribution is 2.57. The summed E-state index contributed by atoms with van der Waals surface area (Å²) < 4.78 is 0. The summed E-state index contributed by atoms with van der Waals surface area (Å²) in [5.41, 5.74) is 7.11. The zero-order valence-corrected chi connectivity index (χ0v) is 14.4. The van der Waals surface area contributed by atoms with Gasteiger partial charge in [0.05, 0.1) is 5.41 Å². The van der Waals surface area contributed by atoms with Gasteiger partial charge in [-0.05, 0) is 53.0 Å². The van der Waals surface area contributed by atoms with Gasteiger partial charge in [-0.2, -0.15) is 0 Å². The molecule has 0 fully saturated rings. The minimum Gasteiger partial charge on any atom is -0.0882 e. The average molecular weight is 322 g/mol. The van der Waals surface area contributed by atoms with E-state index in [0.717, 1.165) is 0 Å². The molecule has 1 atom stereocenters. The first-order valence-electron chi connectivity index (χ1n) is 9.34. The fraction of sp³-hybridized carbons (Fsp3) is 0.200. The lowest BCUT2D eigenvalue weighted by atomic mass is 9.62. The van der Waals surface area contributed by atoms with Crippen LogP contribution in [0.1, 0.15) is 36.0 Å². The highest BCUT2D eigenvalue weighted by molar-refractivity contribution is 5.83. The zero-order chi connectivity index (χ0) is 16.7. The van der Waals surface area contributed by atoms with Crippen LogP contribution in [0, 0.1) is 5.92 Å². The molecule has 0 saturated carbocycles. The minimum atomic E-state index is -0.0641. The van der Waals surface area contributed by atoms with Crippen LogP contribution in [-0.4, -0.2) is 0 Å². The van der Waals surface area contributed by atoms with E-state index in [1.54, 1.807) is 0 Å². The molecule has 5 rings (SSSR count). The van der Waals surface area contributed by atoms with Crippen LogP contribution in [0.5, 0.6) is 0 Å². The molecule has 0 heterocycles. The van der Waals surface area contributed by atoms with Gasteiger partial charge in [-0.1, -0.05) is 91.0 Å². The Morgan fingerprint density at radius 1 is 0.680 bits per heavy atom. The molecular formula is C25H22. The lowest BCUT2D eigenvalue weighted by molar-refractivity contribution is 0.405. The normalized spacial score (nSPS) is 20.1. The molecule has 0 N–H and O–H groups in total. The van der Waals surface area contributed by atoms with E-state index in [1.165, 1.54) is 47.1 Å². The third kappa shape index (κ3) is 2.00. The summed E-state index contributed by atoms with van der Waals surface area (Å²) in [6.07, 6.45) is 8.61. The molecule has 0 spiro atoms. The van der Waals surface area contributed by atoms with Gasteiger partial charge >= 0.3 is 0 Å². The predicted octanol–water partition coefficient (Wildman–Crippen LogP) is 6.36.